The molecule has 0 bridgehead atoms. The summed E-state index contributed by atoms with van der Waals surface area (Å²) in [5.41, 5.74) is 0.506. The summed E-state index contributed by atoms with van der Waals surface area (Å²) >= 11 is 0. The average Bonchev–Trinajstić information content (AvgIpc) is 3.18. The molecule has 1 heterocycles. The summed E-state index contributed by atoms with van der Waals surface area (Å²) in [7, 11) is 0. The van der Waals surface area contributed by atoms with E-state index in [-0.39, 0.29) is 0 Å². The van der Waals surface area contributed by atoms with E-state index < -0.39 is 0 Å². The Bertz CT molecular complexity index is 323. The predicted molar refractivity (Wildman–Crippen MR) is 90.6 cm³/mol. The van der Waals surface area contributed by atoms with Gasteiger partial charge in [-0.3, -0.25) is 4.90 Å². The first-order valence-electron chi connectivity index (χ1n) is 9.53. The van der Waals surface area contributed by atoms with Gasteiger partial charge in [0.25, 0.3) is 0 Å². The molecule has 3 fully saturated rings. The van der Waals surface area contributed by atoms with Crippen molar-refractivity contribution < 1.29 is 0 Å². The first-order valence-corrected chi connectivity index (χ1v) is 9.53. The van der Waals surface area contributed by atoms with Gasteiger partial charge in [0.15, 0.2) is 0 Å². The van der Waals surface area contributed by atoms with E-state index in [1.807, 2.05) is 0 Å². The molecule has 3 atom stereocenters. The lowest BCUT2D eigenvalue weighted by molar-refractivity contribution is 0.148. The lowest BCUT2D eigenvalue weighted by Crippen LogP contribution is -2.44. The Morgan fingerprint density at radius 2 is 1.57 bits per heavy atom. The highest BCUT2D eigenvalue weighted by Crippen LogP contribution is 2.40. The van der Waals surface area contributed by atoms with E-state index in [1.165, 1.54) is 70.9 Å². The van der Waals surface area contributed by atoms with Gasteiger partial charge < -0.3 is 5.32 Å². The Kier molecular flexibility index (Phi) is 4.95. The van der Waals surface area contributed by atoms with Crippen molar-refractivity contribution in [2.75, 3.05) is 13.1 Å². The number of hydrogen-bond donors (Lipinski definition) is 1. The number of rotatable bonds is 4. The second-order valence-electron chi connectivity index (χ2n) is 8.95. The summed E-state index contributed by atoms with van der Waals surface area (Å²) in [6.45, 7) is 9.91. The number of nitrogens with one attached hydrogen (secondary N) is 1. The number of hydrogen-bond acceptors (Lipinski definition) is 2. The Labute approximate surface area is 132 Å². The van der Waals surface area contributed by atoms with E-state index in [9.17, 15) is 0 Å². The zero-order valence-electron chi connectivity index (χ0n) is 14.5. The molecule has 0 radical (unpaired) electrons. The molecule has 0 aromatic heterocycles. The minimum absolute atomic E-state index is 0.506. The molecule has 0 aromatic rings. The van der Waals surface area contributed by atoms with Crippen molar-refractivity contribution in [2.24, 2.45) is 11.3 Å². The predicted octanol–water partition coefficient (Wildman–Crippen LogP) is 4.20. The molecule has 2 heteroatoms. The number of nitrogens with zero attached hydrogens (tertiary/aromatic N) is 1. The smallest absolute Gasteiger partial charge is 0.0195 e. The summed E-state index contributed by atoms with van der Waals surface area (Å²) in [5.74, 6) is 0.938. The van der Waals surface area contributed by atoms with Crippen molar-refractivity contribution in [3.8, 4) is 0 Å². The third-order valence-electron chi connectivity index (χ3n) is 6.24. The Balaban J connectivity index is 1.58. The van der Waals surface area contributed by atoms with Gasteiger partial charge in [0.1, 0.15) is 0 Å². The maximum Gasteiger partial charge on any atom is 0.0195 e. The van der Waals surface area contributed by atoms with E-state index >= 15 is 0 Å². The molecule has 122 valence electrons. The molecule has 2 nitrogen and oxygen atoms in total. The molecular weight excluding hydrogens is 256 g/mol. The third kappa shape index (κ3) is 4.22. The fourth-order valence-electron chi connectivity index (χ4n) is 4.65. The Hall–Kier alpha value is -0.0800. The molecule has 3 rings (SSSR count). The van der Waals surface area contributed by atoms with Gasteiger partial charge in [-0.1, -0.05) is 27.2 Å². The Morgan fingerprint density at radius 1 is 0.857 bits per heavy atom. The fraction of sp³-hybridized carbons (Fsp3) is 1.00. The van der Waals surface area contributed by atoms with E-state index in [4.69, 9.17) is 0 Å². The highest BCUT2D eigenvalue weighted by atomic mass is 15.2. The third-order valence-corrected chi connectivity index (χ3v) is 6.24. The van der Waals surface area contributed by atoms with Crippen LogP contribution in [-0.2, 0) is 0 Å². The van der Waals surface area contributed by atoms with E-state index in [2.05, 4.69) is 31.0 Å². The normalized spacial score (nSPS) is 35.1. The van der Waals surface area contributed by atoms with Crippen LogP contribution in [0, 0.1) is 11.3 Å². The van der Waals surface area contributed by atoms with Gasteiger partial charge in [0, 0.05) is 24.7 Å². The lowest BCUT2D eigenvalue weighted by atomic mass is 9.76. The van der Waals surface area contributed by atoms with Crippen molar-refractivity contribution in [1.82, 2.24) is 10.2 Å². The zero-order chi connectivity index (χ0) is 14.9. The van der Waals surface area contributed by atoms with Crippen molar-refractivity contribution in [1.29, 1.82) is 0 Å². The topological polar surface area (TPSA) is 15.3 Å². The van der Waals surface area contributed by atoms with Crippen molar-refractivity contribution >= 4 is 0 Å². The first-order chi connectivity index (χ1) is 10.0. The van der Waals surface area contributed by atoms with Crippen LogP contribution in [0.2, 0.25) is 0 Å². The summed E-state index contributed by atoms with van der Waals surface area (Å²) in [4.78, 5) is 2.92. The zero-order valence-corrected chi connectivity index (χ0v) is 14.5. The van der Waals surface area contributed by atoms with Crippen LogP contribution in [0.1, 0.15) is 78.6 Å². The molecule has 1 N–H and O–H groups in total. The molecule has 1 saturated heterocycles. The molecule has 2 saturated carbocycles. The van der Waals surface area contributed by atoms with Crippen LogP contribution >= 0.6 is 0 Å². The van der Waals surface area contributed by atoms with Gasteiger partial charge in [0.05, 0.1) is 0 Å². The quantitative estimate of drug-likeness (QED) is 0.781. The summed E-state index contributed by atoms with van der Waals surface area (Å²) in [6.07, 6.45) is 13.0. The average molecular weight is 293 g/mol. The van der Waals surface area contributed by atoms with Gasteiger partial charge in [-0.05, 0) is 69.2 Å². The minimum Gasteiger partial charge on any atom is -0.313 e. The van der Waals surface area contributed by atoms with Gasteiger partial charge in [0.2, 0.25) is 0 Å². The van der Waals surface area contributed by atoms with Crippen LogP contribution in [0.15, 0.2) is 0 Å². The maximum atomic E-state index is 3.72. The van der Waals surface area contributed by atoms with Crippen molar-refractivity contribution in [3.63, 3.8) is 0 Å². The van der Waals surface area contributed by atoms with Crippen LogP contribution in [-0.4, -0.2) is 36.1 Å². The molecule has 3 aliphatic rings. The second kappa shape index (κ2) is 6.58. The molecule has 0 spiro atoms. The van der Waals surface area contributed by atoms with E-state index in [1.54, 1.807) is 0 Å². The standard InChI is InChI=1S/C19H36N2/c1-19(2,3)15-6-4-8-17(10-9-15)21(18-11-12-18)14-16-7-5-13-20-16/h15-18,20H,4-14H2,1-3H3. The molecule has 3 unspecified atom stereocenters. The van der Waals surface area contributed by atoms with Gasteiger partial charge in [-0.25, -0.2) is 0 Å². The lowest BCUT2D eigenvalue weighted by Gasteiger charge is -2.34. The Morgan fingerprint density at radius 3 is 2.19 bits per heavy atom. The molecule has 21 heavy (non-hydrogen) atoms. The monoisotopic (exact) mass is 292 g/mol. The van der Waals surface area contributed by atoms with Gasteiger partial charge in [-0.15, -0.1) is 0 Å². The minimum atomic E-state index is 0.506. The van der Waals surface area contributed by atoms with Gasteiger partial charge in [-0.2, -0.15) is 0 Å². The molecule has 1 aliphatic heterocycles. The molecule has 0 amide bonds. The van der Waals surface area contributed by atoms with Crippen LogP contribution in [0.4, 0.5) is 0 Å². The van der Waals surface area contributed by atoms with Crippen molar-refractivity contribution in [2.45, 2.75) is 96.7 Å². The van der Waals surface area contributed by atoms with E-state index in [0.717, 1.165) is 24.0 Å². The van der Waals surface area contributed by atoms with E-state index in [0.29, 0.717) is 5.41 Å². The second-order valence-corrected chi connectivity index (χ2v) is 8.95. The van der Waals surface area contributed by atoms with Crippen LogP contribution in [0.25, 0.3) is 0 Å². The highest BCUT2D eigenvalue weighted by Gasteiger charge is 2.37. The highest BCUT2D eigenvalue weighted by molar-refractivity contribution is 4.93. The molecular formula is C19H36N2. The summed E-state index contributed by atoms with van der Waals surface area (Å²) < 4.78 is 0. The van der Waals surface area contributed by atoms with Crippen molar-refractivity contribution in [3.05, 3.63) is 0 Å². The maximum absolute atomic E-state index is 3.72. The first kappa shape index (κ1) is 15.8. The fourth-order valence-corrected chi connectivity index (χ4v) is 4.65. The summed E-state index contributed by atoms with van der Waals surface area (Å²) in [6, 6.07) is 2.60. The van der Waals surface area contributed by atoms with Crippen LogP contribution in [0.3, 0.4) is 0 Å². The van der Waals surface area contributed by atoms with Crippen LogP contribution in [0.5, 0.6) is 0 Å². The van der Waals surface area contributed by atoms with Crippen LogP contribution < -0.4 is 5.32 Å². The molecule has 0 aromatic carbocycles. The largest absolute Gasteiger partial charge is 0.313 e. The summed E-state index contributed by atoms with van der Waals surface area (Å²) in [5, 5.41) is 3.72. The molecule has 2 aliphatic carbocycles. The van der Waals surface area contributed by atoms with Gasteiger partial charge >= 0.3 is 0 Å². The SMILES string of the molecule is CC(C)(C)C1CCCC(N(CC2CCCN2)C2CC2)CC1.